The Morgan fingerprint density at radius 1 is 0.854 bits per heavy atom. The number of hydrogen-bond donors (Lipinski definition) is 4. The molecule has 1 aliphatic carbocycles. The molecule has 3 heterocycles. The van der Waals surface area contributed by atoms with Crippen molar-refractivity contribution >= 4 is 5.97 Å². The monoisotopic (exact) mass is 576 g/mol. The van der Waals surface area contributed by atoms with Gasteiger partial charge in [-0.05, 0) is 41.0 Å². The van der Waals surface area contributed by atoms with Crippen LogP contribution in [0.2, 0.25) is 0 Å². The zero-order chi connectivity index (χ0) is 29.0. The second-order valence-corrected chi connectivity index (χ2v) is 10.3. The molecule has 0 bridgehead atoms. The van der Waals surface area contributed by atoms with Crippen molar-refractivity contribution < 1.29 is 63.1 Å². The summed E-state index contributed by atoms with van der Waals surface area (Å²) in [6.45, 7) is -0.581. The van der Waals surface area contributed by atoms with Crippen molar-refractivity contribution in [1.82, 2.24) is 0 Å². The first-order valence-corrected chi connectivity index (χ1v) is 13.2. The molecule has 0 unspecified atom stereocenters. The van der Waals surface area contributed by atoms with E-state index < -0.39 is 67.1 Å². The molecule has 9 atom stereocenters. The van der Waals surface area contributed by atoms with Crippen molar-refractivity contribution in [2.45, 2.75) is 42.7 Å². The number of methoxy groups -OCH3 is 3. The van der Waals surface area contributed by atoms with Crippen LogP contribution in [0.15, 0.2) is 24.3 Å². The van der Waals surface area contributed by atoms with Crippen LogP contribution >= 0.6 is 0 Å². The van der Waals surface area contributed by atoms with Crippen molar-refractivity contribution in [2.24, 2.45) is 11.8 Å². The zero-order valence-electron chi connectivity index (χ0n) is 22.6. The molecule has 222 valence electrons. The third-order valence-corrected chi connectivity index (χ3v) is 8.29. The van der Waals surface area contributed by atoms with E-state index in [-0.39, 0.29) is 13.4 Å². The number of aliphatic hydroxyl groups excluding tert-OH is 4. The molecular weight excluding hydrogens is 544 g/mol. The van der Waals surface area contributed by atoms with Crippen LogP contribution in [0.5, 0.6) is 28.7 Å². The fourth-order valence-electron chi connectivity index (χ4n) is 6.29. The van der Waals surface area contributed by atoms with Crippen molar-refractivity contribution in [3.05, 3.63) is 41.0 Å². The van der Waals surface area contributed by atoms with E-state index >= 15 is 0 Å². The highest BCUT2D eigenvalue weighted by atomic mass is 16.7. The fraction of sp³-hybridized carbons (Fsp3) is 0.536. The molecule has 0 amide bonds. The predicted molar refractivity (Wildman–Crippen MR) is 136 cm³/mol. The normalized spacial score (nSPS) is 33.5. The summed E-state index contributed by atoms with van der Waals surface area (Å²) < 4.78 is 45.5. The summed E-state index contributed by atoms with van der Waals surface area (Å²) in [7, 11) is 4.51. The second kappa shape index (κ2) is 10.8. The molecule has 2 fully saturated rings. The van der Waals surface area contributed by atoms with E-state index in [2.05, 4.69) is 0 Å². The lowest BCUT2D eigenvalue weighted by Gasteiger charge is -2.44. The van der Waals surface area contributed by atoms with Crippen molar-refractivity contribution in [3.63, 3.8) is 0 Å². The summed E-state index contributed by atoms with van der Waals surface area (Å²) in [5.41, 5.74) is 2.00. The highest BCUT2D eigenvalue weighted by Crippen LogP contribution is 2.57. The van der Waals surface area contributed by atoms with Gasteiger partial charge in [-0.3, -0.25) is 4.79 Å². The number of cyclic esters (lactones) is 1. The van der Waals surface area contributed by atoms with Crippen LogP contribution in [-0.4, -0.2) is 98.4 Å². The minimum atomic E-state index is -1.63. The van der Waals surface area contributed by atoms with E-state index in [1.807, 2.05) is 0 Å². The van der Waals surface area contributed by atoms with Crippen LogP contribution in [-0.2, 0) is 19.0 Å². The third-order valence-electron chi connectivity index (χ3n) is 8.29. The highest BCUT2D eigenvalue weighted by Gasteiger charge is 2.55. The van der Waals surface area contributed by atoms with Crippen LogP contribution < -0.4 is 23.7 Å². The van der Waals surface area contributed by atoms with Crippen molar-refractivity contribution in [3.8, 4) is 28.7 Å². The SMILES string of the molecule is COc1cc([C@@H]2c3cc4c(cc3[C@H](O[C@H]3O[C@@H](CO)[C@H](O)[C@H](O)[C@H]3O)[C@@H]3COC(=O)[C@@H]23)OCO4)cc(OC)c1OC. The first kappa shape index (κ1) is 27.8. The number of aliphatic hydroxyl groups is 4. The molecule has 2 aromatic rings. The van der Waals surface area contributed by atoms with Crippen LogP contribution in [0.1, 0.15) is 28.7 Å². The highest BCUT2D eigenvalue weighted by molar-refractivity contribution is 5.79. The van der Waals surface area contributed by atoms with E-state index in [1.54, 1.807) is 24.3 Å². The van der Waals surface area contributed by atoms with Crippen LogP contribution in [0.4, 0.5) is 0 Å². The maximum Gasteiger partial charge on any atom is 0.310 e. The molecule has 0 aromatic heterocycles. The van der Waals surface area contributed by atoms with Gasteiger partial charge < -0.3 is 58.3 Å². The zero-order valence-corrected chi connectivity index (χ0v) is 22.6. The topological polar surface area (TPSA) is 172 Å². The number of rotatable bonds is 7. The van der Waals surface area contributed by atoms with Gasteiger partial charge in [0.2, 0.25) is 12.5 Å². The molecule has 41 heavy (non-hydrogen) atoms. The lowest BCUT2D eigenvalue weighted by molar-refractivity contribution is -0.317. The van der Waals surface area contributed by atoms with E-state index in [4.69, 9.17) is 37.9 Å². The Labute approximate surface area is 235 Å². The minimum Gasteiger partial charge on any atom is -0.493 e. The molecule has 0 spiro atoms. The van der Waals surface area contributed by atoms with E-state index in [0.29, 0.717) is 45.4 Å². The van der Waals surface area contributed by atoms with Crippen molar-refractivity contribution in [1.29, 1.82) is 0 Å². The summed E-state index contributed by atoms with van der Waals surface area (Å²) in [4.78, 5) is 13.4. The number of ether oxygens (including phenoxy) is 8. The number of fused-ring (bicyclic) bond motifs is 3. The molecule has 0 radical (unpaired) electrons. The van der Waals surface area contributed by atoms with Gasteiger partial charge in [0, 0.05) is 11.8 Å². The van der Waals surface area contributed by atoms with Crippen LogP contribution in [0.3, 0.4) is 0 Å². The van der Waals surface area contributed by atoms with Crippen LogP contribution in [0, 0.1) is 11.8 Å². The standard InChI is InChI=1S/C28H32O13/c1-34-17-4-11(5-18(35-2)26(17)36-3)20-12-6-15-16(39-10-38-15)7-13(12)25(14-9-37-27(33)21(14)20)41-28-24(32)23(31)22(30)19(8-29)40-28/h4-7,14,19-25,28-32H,8-10H2,1-3H3/t14-,19+,20-,21-,22+,23+,24-,25+,28-/m1/s1. The summed E-state index contributed by atoms with van der Waals surface area (Å²) >= 11 is 0. The van der Waals surface area contributed by atoms with Gasteiger partial charge in [-0.2, -0.15) is 0 Å². The van der Waals surface area contributed by atoms with Gasteiger partial charge >= 0.3 is 5.97 Å². The van der Waals surface area contributed by atoms with E-state index in [1.165, 1.54) is 21.3 Å². The van der Waals surface area contributed by atoms with Gasteiger partial charge in [0.15, 0.2) is 29.3 Å². The molecule has 0 saturated carbocycles. The maximum atomic E-state index is 13.4. The Hall–Kier alpha value is -3.33. The number of esters is 1. The molecule has 4 aliphatic rings. The summed E-state index contributed by atoms with van der Waals surface area (Å²) in [6, 6.07) is 7.11. The van der Waals surface area contributed by atoms with Crippen molar-refractivity contribution in [2.75, 3.05) is 41.3 Å². The first-order valence-electron chi connectivity index (χ1n) is 13.2. The lowest BCUT2D eigenvalue weighted by Crippen LogP contribution is -2.59. The molecule has 4 N–H and O–H groups in total. The number of carbonyl (C=O) groups is 1. The smallest absolute Gasteiger partial charge is 0.310 e. The Kier molecular flexibility index (Phi) is 7.34. The average Bonchev–Trinajstić information content (AvgIpc) is 3.61. The Bertz CT molecular complexity index is 1290. The minimum absolute atomic E-state index is 0.0141. The molecule has 13 heteroatoms. The molecule has 3 aliphatic heterocycles. The van der Waals surface area contributed by atoms with Gasteiger partial charge in [-0.25, -0.2) is 0 Å². The lowest BCUT2D eigenvalue weighted by atomic mass is 9.66. The summed E-state index contributed by atoms with van der Waals surface area (Å²) in [6.07, 6.45) is -8.26. The quantitative estimate of drug-likeness (QED) is 0.331. The predicted octanol–water partition coefficient (Wildman–Crippen LogP) is 0.233. The van der Waals surface area contributed by atoms with Crippen LogP contribution in [0.25, 0.3) is 0 Å². The van der Waals surface area contributed by atoms with Gasteiger partial charge in [0.05, 0.1) is 46.6 Å². The first-order chi connectivity index (χ1) is 19.8. The van der Waals surface area contributed by atoms with E-state index in [9.17, 15) is 25.2 Å². The average molecular weight is 577 g/mol. The number of benzene rings is 2. The molecule has 6 rings (SSSR count). The van der Waals surface area contributed by atoms with Gasteiger partial charge in [0.1, 0.15) is 24.4 Å². The molecule has 2 aromatic carbocycles. The number of carbonyl (C=O) groups excluding carboxylic acids is 1. The number of hydrogen-bond acceptors (Lipinski definition) is 13. The maximum absolute atomic E-state index is 13.4. The fourth-order valence-corrected chi connectivity index (χ4v) is 6.29. The van der Waals surface area contributed by atoms with Gasteiger partial charge in [0.25, 0.3) is 0 Å². The third kappa shape index (κ3) is 4.44. The summed E-state index contributed by atoms with van der Waals surface area (Å²) in [5.74, 6) is -0.112. The Morgan fingerprint density at radius 3 is 2.12 bits per heavy atom. The van der Waals surface area contributed by atoms with Gasteiger partial charge in [-0.15, -0.1) is 0 Å². The second-order valence-electron chi connectivity index (χ2n) is 10.3. The Balaban J connectivity index is 1.49. The Morgan fingerprint density at radius 2 is 1.51 bits per heavy atom. The van der Waals surface area contributed by atoms with Gasteiger partial charge in [-0.1, -0.05) is 0 Å². The molecule has 2 saturated heterocycles. The van der Waals surface area contributed by atoms with E-state index in [0.717, 1.165) is 0 Å². The molecule has 13 nitrogen and oxygen atoms in total. The largest absolute Gasteiger partial charge is 0.493 e. The summed E-state index contributed by atoms with van der Waals surface area (Å²) in [5, 5.41) is 41.0. The molecular formula is C28H32O13.